The molecule has 0 radical (unpaired) electrons. The second kappa shape index (κ2) is 13.7. The summed E-state index contributed by atoms with van der Waals surface area (Å²) in [6, 6.07) is 80.0. The average molecular weight is 823 g/mol. The summed E-state index contributed by atoms with van der Waals surface area (Å²) in [4.78, 5) is 0. The molecule has 0 amide bonds. The first-order valence-corrected chi connectivity index (χ1v) is 23.0. The summed E-state index contributed by atoms with van der Waals surface area (Å²) in [6.07, 6.45) is 0. The second-order valence-electron chi connectivity index (χ2n) is 18.5. The fourth-order valence-electron chi connectivity index (χ4n) is 11.6. The molecule has 0 heteroatoms. The van der Waals surface area contributed by atoms with Gasteiger partial charge in [-0.15, -0.1) is 0 Å². The molecule has 0 saturated carbocycles. The monoisotopic (exact) mass is 822 g/mol. The van der Waals surface area contributed by atoms with E-state index in [-0.39, 0.29) is 0 Å². The Labute approximate surface area is 377 Å². The minimum atomic E-state index is 0.390. The van der Waals surface area contributed by atoms with E-state index in [1.807, 2.05) is 0 Å². The normalized spacial score (nSPS) is 12.3. The molecule has 0 aromatic heterocycles. The van der Waals surface area contributed by atoms with Crippen molar-refractivity contribution in [1.82, 2.24) is 0 Å². The molecule has 0 spiro atoms. The first-order chi connectivity index (χ1) is 32.1. The van der Waals surface area contributed by atoms with Crippen molar-refractivity contribution in [1.29, 1.82) is 0 Å². The predicted molar refractivity (Wildman–Crippen MR) is 282 cm³/mol. The summed E-state index contributed by atoms with van der Waals surface area (Å²) in [5, 5.41) is 23.8. The Kier molecular flexibility index (Phi) is 7.69. The van der Waals surface area contributed by atoms with Gasteiger partial charge in [0, 0.05) is 0 Å². The van der Waals surface area contributed by atoms with Crippen LogP contribution in [0.3, 0.4) is 0 Å². The number of rotatable bonds is 5. The lowest BCUT2D eigenvalue weighted by Crippen LogP contribution is -1.89. The molecule has 0 aliphatic carbocycles. The first-order valence-electron chi connectivity index (χ1n) is 23.0. The smallest absolute Gasteiger partial charge is 0.00197 e. The Bertz CT molecular complexity index is 4230. The molecule has 302 valence electrons. The molecular formula is C65H42. The summed E-state index contributed by atoms with van der Waals surface area (Å²) < 4.78 is 0. The van der Waals surface area contributed by atoms with Gasteiger partial charge in [-0.05, 0) is 177 Å². The minimum Gasteiger partial charge on any atom is -0.0622 e. The zero-order valence-corrected chi connectivity index (χ0v) is 36.3. The highest BCUT2D eigenvalue weighted by atomic mass is 14.3. The maximum Gasteiger partial charge on any atom is -0.00197 e. The van der Waals surface area contributed by atoms with E-state index in [1.54, 1.807) is 0 Å². The molecule has 0 unspecified atom stereocenters. The van der Waals surface area contributed by atoms with Crippen molar-refractivity contribution >= 4 is 97.0 Å². The van der Waals surface area contributed by atoms with E-state index in [0.717, 1.165) is 0 Å². The molecule has 0 aliphatic rings. The predicted octanol–water partition coefficient (Wildman–Crippen LogP) is 18.7. The molecular weight excluding hydrogens is 781 g/mol. The van der Waals surface area contributed by atoms with Crippen molar-refractivity contribution in [2.45, 2.75) is 19.8 Å². The van der Waals surface area contributed by atoms with Crippen molar-refractivity contribution in [3.63, 3.8) is 0 Å². The van der Waals surface area contributed by atoms with Crippen LogP contribution >= 0.6 is 0 Å². The molecule has 0 aliphatic heterocycles. The van der Waals surface area contributed by atoms with Crippen LogP contribution in [0.1, 0.15) is 25.3 Å². The van der Waals surface area contributed by atoms with Gasteiger partial charge in [-0.3, -0.25) is 0 Å². The molecule has 0 bridgehead atoms. The van der Waals surface area contributed by atoms with Crippen LogP contribution < -0.4 is 0 Å². The van der Waals surface area contributed by atoms with Crippen molar-refractivity contribution in [2.75, 3.05) is 0 Å². The summed E-state index contributed by atoms with van der Waals surface area (Å²) >= 11 is 0. The zero-order valence-electron chi connectivity index (χ0n) is 36.3. The third-order valence-electron chi connectivity index (χ3n) is 14.7. The van der Waals surface area contributed by atoms with Crippen LogP contribution in [0.4, 0.5) is 0 Å². The quantitative estimate of drug-likeness (QED) is 0.152. The lowest BCUT2D eigenvalue weighted by atomic mass is 9.90. The maximum atomic E-state index is 2.54. The summed E-state index contributed by atoms with van der Waals surface area (Å²) in [7, 11) is 0. The average Bonchev–Trinajstić information content (AvgIpc) is 3.86. The highest BCUT2D eigenvalue weighted by Crippen LogP contribution is 2.50. The van der Waals surface area contributed by atoms with E-state index in [9.17, 15) is 0 Å². The van der Waals surface area contributed by atoms with E-state index in [0.29, 0.717) is 5.92 Å². The van der Waals surface area contributed by atoms with E-state index < -0.39 is 0 Å². The van der Waals surface area contributed by atoms with Gasteiger partial charge in [0.1, 0.15) is 0 Å². The Morgan fingerprint density at radius 1 is 0.215 bits per heavy atom. The Hall–Kier alpha value is -8.06. The Morgan fingerprint density at radius 2 is 0.554 bits per heavy atom. The van der Waals surface area contributed by atoms with E-state index >= 15 is 0 Å². The van der Waals surface area contributed by atoms with Gasteiger partial charge < -0.3 is 0 Å². The Morgan fingerprint density at radius 3 is 1.03 bits per heavy atom. The van der Waals surface area contributed by atoms with Crippen LogP contribution in [0.5, 0.6) is 0 Å². The Balaban J connectivity index is 1.02. The maximum absolute atomic E-state index is 2.54. The van der Waals surface area contributed by atoms with Gasteiger partial charge in [-0.25, -0.2) is 0 Å². The molecule has 0 fully saturated rings. The van der Waals surface area contributed by atoms with E-state index in [1.165, 1.54) is 147 Å². The van der Waals surface area contributed by atoms with Gasteiger partial charge in [-0.1, -0.05) is 202 Å². The number of hydrogen-bond donors (Lipinski definition) is 0. The third kappa shape index (κ3) is 5.26. The molecule has 0 nitrogen and oxygen atoms in total. The van der Waals surface area contributed by atoms with Crippen LogP contribution in [-0.2, 0) is 0 Å². The third-order valence-corrected chi connectivity index (χ3v) is 14.7. The lowest BCUT2D eigenvalue weighted by molar-refractivity contribution is 0.870. The molecule has 65 heavy (non-hydrogen) atoms. The topological polar surface area (TPSA) is 0 Å². The zero-order chi connectivity index (χ0) is 42.9. The fraction of sp³-hybridized carbons (Fsp3) is 0.0462. The van der Waals surface area contributed by atoms with Crippen LogP contribution in [-0.4, -0.2) is 0 Å². The van der Waals surface area contributed by atoms with Crippen molar-refractivity contribution in [2.24, 2.45) is 0 Å². The molecule has 0 heterocycles. The van der Waals surface area contributed by atoms with Crippen LogP contribution in [0.15, 0.2) is 212 Å². The SMILES string of the molecule is CC(C)c1cc2c3ccc(-c4ccc(-c5ccccc5)c5ccccc45)cc3c3cc4c(cc5c6cc(-c7ccc(-c8ccccc8)c8ccccc78)ccc6c6cccc4c65)c(c1)c23. The fourth-order valence-corrected chi connectivity index (χ4v) is 11.6. The van der Waals surface area contributed by atoms with Crippen molar-refractivity contribution < 1.29 is 0 Å². The van der Waals surface area contributed by atoms with Gasteiger partial charge in [0.25, 0.3) is 0 Å². The van der Waals surface area contributed by atoms with Crippen LogP contribution in [0, 0.1) is 0 Å². The van der Waals surface area contributed by atoms with Gasteiger partial charge in [0.15, 0.2) is 0 Å². The summed E-state index contributed by atoms with van der Waals surface area (Å²) in [5.41, 5.74) is 11.4. The second-order valence-corrected chi connectivity index (χ2v) is 18.5. The van der Waals surface area contributed by atoms with Crippen molar-refractivity contribution in [3.05, 3.63) is 218 Å². The number of fused-ring (bicyclic) bond motifs is 11. The molecule has 14 aromatic carbocycles. The highest BCUT2D eigenvalue weighted by Gasteiger charge is 2.22. The summed E-state index contributed by atoms with van der Waals surface area (Å²) in [6.45, 7) is 4.66. The van der Waals surface area contributed by atoms with Crippen molar-refractivity contribution in [3.8, 4) is 44.5 Å². The molecule has 0 N–H and O–H groups in total. The molecule has 0 saturated heterocycles. The van der Waals surface area contributed by atoms with Crippen LogP contribution in [0.2, 0.25) is 0 Å². The van der Waals surface area contributed by atoms with E-state index in [2.05, 4.69) is 226 Å². The molecule has 14 aromatic rings. The molecule has 14 rings (SSSR count). The lowest BCUT2D eigenvalue weighted by Gasteiger charge is -2.13. The molecule has 0 atom stereocenters. The number of benzene rings is 12. The van der Waals surface area contributed by atoms with Crippen LogP contribution in [0.25, 0.3) is 141 Å². The standard InChI is InChI=1S/C65H42/c1-38(2)43-34-60-53-27-25-42(47-31-29-45(40-16-7-4-8-17-40)49-19-10-12-21-51(47)49)33-57(53)63-36-58-55-23-13-22-54-52-26-24-41(32-56(52)62(64(54)55)37-59(58)61(35-43)65(60)63)46-30-28-44(39-14-5-3-6-15-39)48-18-9-11-20-50(46)48/h3-38H,1-2H3. The number of hydrogen-bond acceptors (Lipinski definition) is 0. The van der Waals surface area contributed by atoms with Gasteiger partial charge in [0.2, 0.25) is 0 Å². The minimum absolute atomic E-state index is 0.390. The van der Waals surface area contributed by atoms with Gasteiger partial charge in [-0.2, -0.15) is 0 Å². The highest BCUT2D eigenvalue weighted by molar-refractivity contribution is 6.41. The largest absolute Gasteiger partial charge is 0.0622 e. The van der Waals surface area contributed by atoms with Gasteiger partial charge in [0.05, 0.1) is 0 Å². The summed E-state index contributed by atoms with van der Waals surface area (Å²) in [5.74, 6) is 0.390. The van der Waals surface area contributed by atoms with E-state index in [4.69, 9.17) is 0 Å². The van der Waals surface area contributed by atoms with Gasteiger partial charge >= 0.3 is 0 Å². The first kappa shape index (κ1) is 36.4.